The number of carbonyl (C=O) groups excluding carboxylic acids is 1. The Morgan fingerprint density at radius 3 is 1.00 bits per heavy atom. The zero-order valence-corrected chi connectivity index (χ0v) is 39.5. The summed E-state index contributed by atoms with van der Waals surface area (Å²) in [5.74, 6) is 0.167. The van der Waals surface area contributed by atoms with Crippen LogP contribution in [0.25, 0.3) is 0 Å². The molecule has 2 fully saturated rings. The number of likely N-dealkylation sites (N-methyl/N-ethyl adjacent to an activating group) is 2. The van der Waals surface area contributed by atoms with Crippen molar-refractivity contribution in [3.8, 4) is 0 Å². The first-order valence-corrected chi connectivity index (χ1v) is 17.0. The average Bonchev–Trinajstić information content (AvgIpc) is 3.40. The molecular weight excluding hydrogens is 834 g/mol. The molecule has 0 saturated carbocycles. The number of hydrogen-bond donors (Lipinski definition) is 0. The molecule has 11 nitrogen and oxygen atoms in total. The minimum absolute atomic E-state index is 0. The topological polar surface area (TPSA) is 144 Å². The Bertz CT molecular complexity index is 1000. The third-order valence-corrected chi connectivity index (χ3v) is 8.27. The molecule has 2 unspecified atom stereocenters. The van der Waals surface area contributed by atoms with Gasteiger partial charge < -0.3 is 38.7 Å². The van der Waals surface area contributed by atoms with Gasteiger partial charge in [0.25, 0.3) is 0 Å². The molecule has 0 aromatic rings. The number of alkyl halides is 8. The van der Waals surface area contributed by atoms with Crippen LogP contribution in [0.5, 0.6) is 0 Å². The summed E-state index contributed by atoms with van der Waals surface area (Å²) in [4.78, 5) is 19.4. The number of rotatable bonds is 10. The van der Waals surface area contributed by atoms with Gasteiger partial charge in [0.15, 0.2) is 20.2 Å². The van der Waals surface area contributed by atoms with E-state index < -0.39 is 43.6 Å². The van der Waals surface area contributed by atoms with Crippen molar-refractivity contribution in [2.75, 3.05) is 53.4 Å². The number of halogens is 10. The second-order valence-electron chi connectivity index (χ2n) is 10.5. The zero-order valence-electron chi connectivity index (χ0n) is 30.1. The molecule has 0 radical (unpaired) electrons. The van der Waals surface area contributed by atoms with Crippen LogP contribution in [0.15, 0.2) is 0 Å². The molecule has 2 aliphatic rings. The van der Waals surface area contributed by atoms with Gasteiger partial charge >= 0.3 is 126 Å². The number of unbranched alkanes of at least 4 members (excludes halogenated alkanes) is 2. The molecule has 0 spiro atoms. The second-order valence-corrected chi connectivity index (χ2v) is 13.5. The minimum Gasteiger partial charge on any atom is -1.00 e. The fourth-order valence-electron chi connectivity index (χ4n) is 3.42. The van der Waals surface area contributed by atoms with Gasteiger partial charge in [0.1, 0.15) is 5.78 Å². The van der Waals surface area contributed by atoms with Crippen LogP contribution in [0.1, 0.15) is 67.2 Å². The number of Topliss-reactive ketones (excluding diaryl/α,β-unsaturated/α-hetero) is 1. The minimum atomic E-state index is -6.23. The molecule has 2 heterocycles. The van der Waals surface area contributed by atoms with Crippen molar-refractivity contribution in [3.05, 3.63) is 0 Å². The van der Waals surface area contributed by atoms with Crippen molar-refractivity contribution in [1.82, 2.24) is 19.6 Å². The maximum atomic E-state index is 11.4. The van der Waals surface area contributed by atoms with E-state index in [4.69, 9.17) is 0 Å². The summed E-state index contributed by atoms with van der Waals surface area (Å²) in [6.45, 7) is 19.7. The maximum Gasteiger partial charge on any atom is 1.00 e. The molecule has 0 aliphatic carbocycles. The van der Waals surface area contributed by atoms with E-state index in [1.165, 1.54) is 78.8 Å². The molecule has 0 aromatic heterocycles. The Hall–Kier alpha value is 2.62. The second kappa shape index (κ2) is 32.7. The Morgan fingerprint density at radius 2 is 0.900 bits per heavy atom. The standard InChI is InChI=1S/2C9H20N2.C3H6O.2C2H2F4O3S.2ClH.2K/c2*1-4-5-6-11-8-7-10(3)9(11)2;1-3(2)4;2*3-1(4)2(5,6)10(7,8)9;;;;/h2*9H,4-8H2,1-3H3;1-2H3;2*1H,(H,7,8,9);2*1H;;/q;;;;;;;2*+1/p-4. The maximum absolute atomic E-state index is 11.4. The first-order valence-electron chi connectivity index (χ1n) is 14.2. The number of hydrogen-bond acceptors (Lipinski definition) is 11. The van der Waals surface area contributed by atoms with Crippen LogP contribution < -0.4 is 128 Å². The van der Waals surface area contributed by atoms with Crippen molar-refractivity contribution in [2.45, 2.75) is 103 Å². The molecule has 0 aromatic carbocycles. The van der Waals surface area contributed by atoms with Crippen LogP contribution in [0.2, 0.25) is 0 Å². The first kappa shape index (κ1) is 67.4. The molecule has 0 N–H and O–H groups in total. The Labute approximate surface area is 389 Å². The summed E-state index contributed by atoms with van der Waals surface area (Å²) in [5.41, 5.74) is 0. The summed E-state index contributed by atoms with van der Waals surface area (Å²) < 4.78 is 145. The van der Waals surface area contributed by atoms with Gasteiger partial charge in [-0.3, -0.25) is 19.6 Å². The summed E-state index contributed by atoms with van der Waals surface area (Å²) in [6.07, 6.45) is -2.30. The molecule has 2 atom stereocenters. The van der Waals surface area contributed by atoms with Crippen molar-refractivity contribution in [3.63, 3.8) is 0 Å². The van der Waals surface area contributed by atoms with Gasteiger partial charge in [-0.2, -0.15) is 17.6 Å². The zero-order chi connectivity index (χ0) is 37.3. The molecule has 296 valence electrons. The van der Waals surface area contributed by atoms with Gasteiger partial charge in [0, 0.05) is 26.2 Å². The fourth-order valence-corrected chi connectivity index (χ4v) is 3.85. The quantitative estimate of drug-likeness (QED) is 0.117. The van der Waals surface area contributed by atoms with Crippen LogP contribution in [0, 0.1) is 0 Å². The van der Waals surface area contributed by atoms with Gasteiger partial charge in [0.2, 0.25) is 0 Å². The monoisotopic (exact) mass is 880 g/mol. The van der Waals surface area contributed by atoms with Gasteiger partial charge in [-0.25, -0.2) is 34.4 Å². The van der Waals surface area contributed by atoms with E-state index in [-0.39, 0.29) is 133 Å². The van der Waals surface area contributed by atoms with E-state index >= 15 is 0 Å². The van der Waals surface area contributed by atoms with Crippen molar-refractivity contribution in [2.24, 2.45) is 0 Å². The molecule has 0 bridgehead atoms. The summed E-state index contributed by atoms with van der Waals surface area (Å²) in [7, 11) is -8.06. The summed E-state index contributed by atoms with van der Waals surface area (Å²) in [6, 6.07) is 0. The van der Waals surface area contributed by atoms with E-state index in [9.17, 15) is 65.9 Å². The number of carbonyl (C=O) groups is 1. The Balaban J connectivity index is -0.0000000928. The third-order valence-electron chi connectivity index (χ3n) is 6.59. The number of ketones is 1. The van der Waals surface area contributed by atoms with Gasteiger partial charge in [0.05, 0.1) is 12.3 Å². The molecule has 0 amide bonds. The predicted molar refractivity (Wildman–Crippen MR) is 155 cm³/mol. The predicted octanol–water partition coefficient (Wildman–Crippen LogP) is -7.85. The molecule has 50 heavy (non-hydrogen) atoms. The van der Waals surface area contributed by atoms with Crippen LogP contribution in [-0.2, 0) is 25.0 Å². The van der Waals surface area contributed by atoms with Crippen LogP contribution in [0.3, 0.4) is 0 Å². The van der Waals surface area contributed by atoms with Crippen LogP contribution in [0.4, 0.5) is 35.1 Å². The summed E-state index contributed by atoms with van der Waals surface area (Å²) in [5, 5.41) is -11.0. The first-order chi connectivity index (χ1) is 20.6. The average molecular weight is 882 g/mol. The van der Waals surface area contributed by atoms with Crippen LogP contribution >= 0.6 is 0 Å². The summed E-state index contributed by atoms with van der Waals surface area (Å²) >= 11 is 0. The smallest absolute Gasteiger partial charge is 1.00 e. The molecule has 2 rings (SSSR count). The molecular formula is C25H48Cl2F8K2N4O7S2-2. The number of nitrogens with zero attached hydrogens (tertiary/aromatic N) is 4. The largest absolute Gasteiger partial charge is 1.00 e. The normalized spacial score (nSPS) is 18.6. The van der Waals surface area contributed by atoms with Crippen molar-refractivity contribution < 1.29 is 193 Å². The van der Waals surface area contributed by atoms with E-state index in [1.807, 2.05) is 0 Å². The Kier molecular flexibility index (Phi) is 44.0. The van der Waals surface area contributed by atoms with E-state index in [2.05, 4.69) is 61.4 Å². The SMILES string of the molecule is CC(C)=O.CCCCN1CCN(C)C1C.CCCCN1CCN(C)C1C.O=S(=O)([O-])C(F)(F)C(F)F.O=S(=O)([O-])C(F)(F)C(F)F.[Cl-].[Cl-].[K+].[K+]. The molecule has 2 saturated heterocycles. The third kappa shape index (κ3) is 28.1. The van der Waals surface area contributed by atoms with E-state index in [0.29, 0.717) is 12.3 Å². The Morgan fingerprint density at radius 1 is 0.680 bits per heavy atom. The molecule has 25 heteroatoms. The van der Waals surface area contributed by atoms with Gasteiger partial charge in [-0.15, -0.1) is 0 Å². The van der Waals surface area contributed by atoms with Crippen molar-refractivity contribution >= 4 is 26.0 Å². The molecule has 2 aliphatic heterocycles. The fraction of sp³-hybridized carbons (Fsp3) is 0.960. The van der Waals surface area contributed by atoms with Gasteiger partial charge in [-0.1, -0.05) is 26.7 Å². The van der Waals surface area contributed by atoms with Crippen LogP contribution in [-0.4, -0.2) is 140 Å². The van der Waals surface area contributed by atoms with Gasteiger partial charge in [-0.05, 0) is 67.7 Å². The van der Waals surface area contributed by atoms with Crippen molar-refractivity contribution in [1.29, 1.82) is 0 Å². The van der Waals surface area contributed by atoms with E-state index in [0.717, 1.165) is 0 Å². The van der Waals surface area contributed by atoms with E-state index in [1.54, 1.807) is 0 Å².